The molecule has 3 heterocycles. The van der Waals surface area contributed by atoms with Gasteiger partial charge < -0.3 is 9.80 Å². The maximum atomic E-state index is 13.4. The summed E-state index contributed by atoms with van der Waals surface area (Å²) in [6.07, 6.45) is 0. The predicted molar refractivity (Wildman–Crippen MR) is 110 cm³/mol. The number of amides is 1. The summed E-state index contributed by atoms with van der Waals surface area (Å²) in [7, 11) is -1.73. The van der Waals surface area contributed by atoms with Crippen LogP contribution in [0.25, 0.3) is 5.69 Å². The van der Waals surface area contributed by atoms with Gasteiger partial charge in [0.25, 0.3) is 15.9 Å². The van der Waals surface area contributed by atoms with E-state index in [9.17, 15) is 13.2 Å². The molecule has 1 saturated heterocycles. The molecular formula is C20H20N6O3S. The van der Waals surface area contributed by atoms with Gasteiger partial charge in [0.2, 0.25) is 11.8 Å². The molecule has 3 aromatic rings. The van der Waals surface area contributed by atoms with Crippen molar-refractivity contribution in [3.63, 3.8) is 0 Å². The normalized spacial score (nSPS) is 20.2. The monoisotopic (exact) mass is 424 g/mol. The minimum Gasteiger partial charge on any atom is -0.326 e. The van der Waals surface area contributed by atoms with Crippen LogP contribution in [0.15, 0.2) is 59.5 Å². The first-order valence-corrected chi connectivity index (χ1v) is 11.1. The first-order valence-electron chi connectivity index (χ1n) is 9.58. The average Bonchev–Trinajstić information content (AvgIpc) is 3.17. The van der Waals surface area contributed by atoms with Gasteiger partial charge in [-0.3, -0.25) is 4.79 Å². The van der Waals surface area contributed by atoms with E-state index in [0.717, 1.165) is 12.1 Å². The Labute approximate surface area is 174 Å². The number of hydrogen-bond acceptors (Lipinski definition) is 6. The van der Waals surface area contributed by atoms with E-state index in [2.05, 4.69) is 19.7 Å². The van der Waals surface area contributed by atoms with Crippen LogP contribution < -0.4 is 4.72 Å². The Morgan fingerprint density at radius 1 is 1.07 bits per heavy atom. The molecule has 30 heavy (non-hydrogen) atoms. The maximum Gasteiger partial charge on any atom is 0.294 e. The van der Waals surface area contributed by atoms with Crippen molar-refractivity contribution in [2.24, 2.45) is 0 Å². The molecule has 1 N–H and O–H groups in total. The molecule has 0 bridgehead atoms. The zero-order chi connectivity index (χ0) is 20.9. The van der Waals surface area contributed by atoms with Gasteiger partial charge in [-0.1, -0.05) is 42.5 Å². The second-order valence-corrected chi connectivity index (χ2v) is 9.08. The van der Waals surface area contributed by atoms with Gasteiger partial charge in [0.05, 0.1) is 11.7 Å². The lowest BCUT2D eigenvalue weighted by molar-refractivity contribution is 0.0486. The summed E-state index contributed by atoms with van der Waals surface area (Å²) in [6.45, 7) is 1.96. The molecule has 0 unspecified atom stereocenters. The second kappa shape index (κ2) is 6.92. The molecule has 2 aliphatic heterocycles. The van der Waals surface area contributed by atoms with Crippen LogP contribution in [0.4, 0.5) is 5.95 Å². The van der Waals surface area contributed by atoms with Crippen molar-refractivity contribution in [1.29, 1.82) is 0 Å². The number of nitrogens with one attached hydrogen (secondary N) is 1. The van der Waals surface area contributed by atoms with E-state index >= 15 is 0 Å². The number of hydrogen-bond donors (Lipinski definition) is 1. The first-order chi connectivity index (χ1) is 14.4. The highest BCUT2D eigenvalue weighted by Crippen LogP contribution is 2.30. The molecule has 154 valence electrons. The predicted octanol–water partition coefficient (Wildman–Crippen LogP) is 1.51. The molecule has 1 atom stereocenters. The van der Waals surface area contributed by atoms with Gasteiger partial charge in [-0.05, 0) is 24.7 Å². The van der Waals surface area contributed by atoms with Gasteiger partial charge in [-0.15, -0.1) is 5.10 Å². The van der Waals surface area contributed by atoms with E-state index in [4.69, 9.17) is 0 Å². The Hall–Kier alpha value is -3.24. The Bertz CT molecular complexity index is 1220. The quantitative estimate of drug-likeness (QED) is 0.669. The number of aromatic nitrogens is 3. The van der Waals surface area contributed by atoms with Gasteiger partial charge in [0.1, 0.15) is 4.90 Å². The Kier molecular flexibility index (Phi) is 4.33. The highest BCUT2D eigenvalue weighted by atomic mass is 32.2. The number of fused-ring (bicyclic) bond motifs is 3. The fraction of sp³-hybridized carbons (Fsp3) is 0.250. The molecule has 0 aliphatic carbocycles. The Morgan fingerprint density at radius 2 is 1.80 bits per heavy atom. The summed E-state index contributed by atoms with van der Waals surface area (Å²) in [6, 6.07) is 16.2. The van der Waals surface area contributed by atoms with E-state index in [1.54, 1.807) is 23.1 Å². The SMILES string of the molecule is CN1CCN(C(=O)c2nc3n(n2)-c2ccccc2S(=O)(=O)N3)[C@H](c2ccccc2)C1. The van der Waals surface area contributed by atoms with E-state index in [1.807, 2.05) is 37.4 Å². The number of benzene rings is 2. The van der Waals surface area contributed by atoms with Crippen molar-refractivity contribution in [3.8, 4) is 5.69 Å². The summed E-state index contributed by atoms with van der Waals surface area (Å²) in [5.74, 6) is -0.340. The number of carbonyl (C=O) groups is 1. The van der Waals surface area contributed by atoms with Crippen molar-refractivity contribution in [2.75, 3.05) is 31.4 Å². The topological polar surface area (TPSA) is 100 Å². The average molecular weight is 424 g/mol. The smallest absolute Gasteiger partial charge is 0.294 e. The summed E-state index contributed by atoms with van der Waals surface area (Å²) < 4.78 is 28.8. The third kappa shape index (κ3) is 3.04. The molecule has 2 aliphatic rings. The summed E-state index contributed by atoms with van der Waals surface area (Å²) >= 11 is 0. The Morgan fingerprint density at radius 3 is 2.60 bits per heavy atom. The minimum absolute atomic E-state index is 0.0161. The number of nitrogens with zero attached hydrogens (tertiary/aromatic N) is 5. The highest BCUT2D eigenvalue weighted by Gasteiger charge is 2.35. The molecule has 1 amide bonds. The third-order valence-electron chi connectivity index (χ3n) is 5.44. The molecule has 0 spiro atoms. The van der Waals surface area contributed by atoms with Crippen LogP contribution >= 0.6 is 0 Å². The number of sulfonamides is 1. The van der Waals surface area contributed by atoms with Crippen LogP contribution in [-0.2, 0) is 10.0 Å². The standard InChI is InChI=1S/C20H20N6O3S/c1-24-11-12-25(16(13-24)14-7-3-2-4-8-14)19(27)18-21-20-23-30(28,29)17-10-6-5-9-15(17)26(20)22-18/h2-10,16H,11-13H2,1H3,(H,21,22,23)/t16-/m0/s1. The molecule has 5 rings (SSSR count). The highest BCUT2D eigenvalue weighted by molar-refractivity contribution is 7.92. The summed E-state index contributed by atoms with van der Waals surface area (Å²) in [5, 5.41) is 4.35. The van der Waals surface area contributed by atoms with Gasteiger partial charge in [0.15, 0.2) is 0 Å². The van der Waals surface area contributed by atoms with E-state index < -0.39 is 10.0 Å². The van der Waals surface area contributed by atoms with Gasteiger partial charge in [0, 0.05) is 19.6 Å². The summed E-state index contributed by atoms with van der Waals surface area (Å²) in [5.41, 5.74) is 1.41. The number of rotatable bonds is 2. The van der Waals surface area contributed by atoms with Crippen LogP contribution in [0, 0.1) is 0 Å². The lowest BCUT2D eigenvalue weighted by Crippen LogP contribution is -2.49. The molecular weight excluding hydrogens is 404 g/mol. The van der Waals surface area contributed by atoms with Crippen molar-refractivity contribution in [1.82, 2.24) is 24.6 Å². The molecule has 2 aromatic carbocycles. The van der Waals surface area contributed by atoms with Crippen LogP contribution in [0.1, 0.15) is 22.2 Å². The minimum atomic E-state index is -3.76. The van der Waals surface area contributed by atoms with Crippen molar-refractivity contribution >= 4 is 21.9 Å². The van der Waals surface area contributed by atoms with Crippen molar-refractivity contribution in [3.05, 3.63) is 66.0 Å². The molecule has 0 saturated carbocycles. The number of para-hydroxylation sites is 1. The lowest BCUT2D eigenvalue weighted by atomic mass is 10.0. The largest absolute Gasteiger partial charge is 0.326 e. The van der Waals surface area contributed by atoms with E-state index in [1.165, 1.54) is 10.7 Å². The molecule has 1 aromatic heterocycles. The Balaban J connectivity index is 1.53. The van der Waals surface area contributed by atoms with Gasteiger partial charge in [-0.2, -0.15) is 9.67 Å². The number of anilines is 1. The van der Waals surface area contributed by atoms with Crippen LogP contribution in [0.3, 0.4) is 0 Å². The third-order valence-corrected chi connectivity index (χ3v) is 6.81. The molecule has 0 radical (unpaired) electrons. The van der Waals surface area contributed by atoms with E-state index in [0.29, 0.717) is 18.8 Å². The molecule has 10 heteroatoms. The number of carbonyl (C=O) groups excluding carboxylic acids is 1. The summed E-state index contributed by atoms with van der Waals surface area (Å²) in [4.78, 5) is 21.6. The molecule has 9 nitrogen and oxygen atoms in total. The fourth-order valence-corrected chi connectivity index (χ4v) is 5.09. The van der Waals surface area contributed by atoms with Crippen LogP contribution in [0.5, 0.6) is 0 Å². The van der Waals surface area contributed by atoms with Gasteiger partial charge >= 0.3 is 0 Å². The molecule has 1 fully saturated rings. The van der Waals surface area contributed by atoms with Crippen molar-refractivity contribution in [2.45, 2.75) is 10.9 Å². The zero-order valence-electron chi connectivity index (χ0n) is 16.3. The fourth-order valence-electron chi connectivity index (χ4n) is 3.92. The van der Waals surface area contributed by atoms with Gasteiger partial charge in [-0.25, -0.2) is 13.1 Å². The van der Waals surface area contributed by atoms with Crippen LogP contribution in [-0.4, -0.2) is 65.6 Å². The zero-order valence-corrected chi connectivity index (χ0v) is 17.1. The lowest BCUT2D eigenvalue weighted by Gasteiger charge is -2.39. The second-order valence-electron chi connectivity index (χ2n) is 7.43. The number of likely N-dealkylation sites (N-methyl/N-ethyl adjacent to an activating group) is 1. The maximum absolute atomic E-state index is 13.4. The van der Waals surface area contributed by atoms with Crippen molar-refractivity contribution < 1.29 is 13.2 Å². The van der Waals surface area contributed by atoms with E-state index in [-0.39, 0.29) is 28.6 Å². The van der Waals surface area contributed by atoms with Crippen LogP contribution in [0.2, 0.25) is 0 Å². The first kappa shape index (κ1) is 18.8. The number of piperazine rings is 1.